The van der Waals surface area contributed by atoms with E-state index >= 15 is 0 Å². The number of amides is 1. The summed E-state index contributed by atoms with van der Waals surface area (Å²) in [5, 5.41) is 3.24. The second-order valence-corrected chi connectivity index (χ2v) is 7.99. The molecule has 25 heavy (non-hydrogen) atoms. The van der Waals surface area contributed by atoms with Gasteiger partial charge < -0.3 is 11.1 Å². The molecule has 4 nitrogen and oxygen atoms in total. The lowest BCUT2D eigenvalue weighted by Crippen LogP contribution is -2.55. The Kier molecular flexibility index (Phi) is 5.74. The van der Waals surface area contributed by atoms with E-state index in [1.54, 1.807) is 0 Å². The molecular formula is C20H30FN3O. The Labute approximate surface area is 150 Å². The first-order valence-corrected chi connectivity index (χ1v) is 9.50. The van der Waals surface area contributed by atoms with Gasteiger partial charge in [-0.15, -0.1) is 0 Å². The quantitative estimate of drug-likeness (QED) is 0.880. The molecular weight excluding hydrogens is 317 g/mol. The van der Waals surface area contributed by atoms with Gasteiger partial charge in [0.2, 0.25) is 5.91 Å². The Bertz CT molecular complexity index is 579. The molecule has 2 atom stereocenters. The molecule has 1 heterocycles. The number of carbonyl (C=O) groups excluding carboxylic acids is 1. The molecule has 2 aliphatic rings. The second-order valence-electron chi connectivity index (χ2n) is 7.99. The number of hydrogen-bond acceptors (Lipinski definition) is 3. The van der Waals surface area contributed by atoms with E-state index in [9.17, 15) is 9.18 Å². The number of carbonyl (C=O) groups is 1. The van der Waals surface area contributed by atoms with E-state index in [1.165, 1.54) is 12.1 Å². The molecule has 1 aliphatic heterocycles. The number of nitrogens with zero attached hydrogens (tertiary/aromatic N) is 1. The van der Waals surface area contributed by atoms with Gasteiger partial charge in [-0.25, -0.2) is 4.39 Å². The number of halogens is 1. The highest BCUT2D eigenvalue weighted by atomic mass is 19.1. The molecule has 0 radical (unpaired) electrons. The molecule has 3 N–H and O–H groups in total. The zero-order valence-corrected chi connectivity index (χ0v) is 15.1. The van der Waals surface area contributed by atoms with Crippen LogP contribution < -0.4 is 11.1 Å². The topological polar surface area (TPSA) is 58.4 Å². The molecule has 3 rings (SSSR count). The van der Waals surface area contributed by atoms with E-state index in [4.69, 9.17) is 5.73 Å². The van der Waals surface area contributed by atoms with Crippen LogP contribution in [0.4, 0.5) is 4.39 Å². The molecule has 0 bridgehead atoms. The molecule has 1 saturated heterocycles. The van der Waals surface area contributed by atoms with Crippen LogP contribution in [-0.2, 0) is 11.3 Å². The predicted octanol–water partition coefficient (Wildman–Crippen LogP) is 2.81. The van der Waals surface area contributed by atoms with E-state index in [1.807, 2.05) is 19.1 Å². The van der Waals surface area contributed by atoms with E-state index in [0.717, 1.165) is 63.7 Å². The maximum atomic E-state index is 13.0. The van der Waals surface area contributed by atoms with Crippen molar-refractivity contribution in [3.63, 3.8) is 0 Å². The summed E-state index contributed by atoms with van der Waals surface area (Å²) in [5.74, 6) is -0.111. The van der Waals surface area contributed by atoms with Gasteiger partial charge in [0.1, 0.15) is 5.82 Å². The third kappa shape index (κ3) is 4.79. The molecule has 138 valence electrons. The average molecular weight is 347 g/mol. The predicted molar refractivity (Wildman–Crippen MR) is 97.4 cm³/mol. The van der Waals surface area contributed by atoms with Gasteiger partial charge in [0, 0.05) is 31.2 Å². The number of piperidine rings is 1. The summed E-state index contributed by atoms with van der Waals surface area (Å²) in [6.07, 6.45) is 5.98. The SMILES string of the molecule is CC1(N)CCCCC1C(=O)NC1CCN(Cc2ccc(F)cc2)CC1. The standard InChI is InChI=1S/C20H30FN3O/c1-20(22)11-3-2-4-18(20)19(25)23-17-9-12-24(13-10-17)14-15-5-7-16(21)8-6-15/h5-8,17-18H,2-4,9-14,22H2,1H3,(H,23,25). The van der Waals surface area contributed by atoms with Crippen LogP contribution in [0, 0.1) is 11.7 Å². The van der Waals surface area contributed by atoms with E-state index in [-0.39, 0.29) is 29.2 Å². The summed E-state index contributed by atoms with van der Waals surface area (Å²) in [6, 6.07) is 6.95. The van der Waals surface area contributed by atoms with Crippen molar-refractivity contribution in [2.24, 2.45) is 11.7 Å². The Morgan fingerprint density at radius 1 is 1.24 bits per heavy atom. The number of nitrogens with one attached hydrogen (secondary N) is 1. The van der Waals surface area contributed by atoms with Gasteiger partial charge in [-0.05, 0) is 50.3 Å². The molecule has 1 amide bonds. The highest BCUT2D eigenvalue weighted by Crippen LogP contribution is 2.32. The normalized spacial score (nSPS) is 28.7. The van der Waals surface area contributed by atoms with Gasteiger partial charge in [-0.1, -0.05) is 25.0 Å². The van der Waals surface area contributed by atoms with E-state index in [2.05, 4.69) is 10.2 Å². The largest absolute Gasteiger partial charge is 0.353 e. The van der Waals surface area contributed by atoms with Crippen molar-refractivity contribution in [1.29, 1.82) is 0 Å². The highest BCUT2D eigenvalue weighted by Gasteiger charge is 2.38. The zero-order valence-electron chi connectivity index (χ0n) is 15.1. The van der Waals surface area contributed by atoms with Gasteiger partial charge >= 0.3 is 0 Å². The molecule has 1 aromatic rings. The first-order chi connectivity index (χ1) is 11.9. The third-order valence-corrected chi connectivity index (χ3v) is 5.82. The van der Waals surface area contributed by atoms with Gasteiger partial charge in [-0.3, -0.25) is 9.69 Å². The van der Waals surface area contributed by atoms with Crippen LogP contribution in [0.25, 0.3) is 0 Å². The maximum absolute atomic E-state index is 13.0. The molecule has 5 heteroatoms. The van der Waals surface area contributed by atoms with Crippen molar-refractivity contribution in [1.82, 2.24) is 10.2 Å². The van der Waals surface area contributed by atoms with Crippen LogP contribution in [0.2, 0.25) is 0 Å². The first kappa shape index (κ1) is 18.3. The molecule has 1 aromatic carbocycles. The molecule has 1 saturated carbocycles. The van der Waals surface area contributed by atoms with Crippen LogP contribution in [0.3, 0.4) is 0 Å². The van der Waals surface area contributed by atoms with Gasteiger partial charge in [-0.2, -0.15) is 0 Å². The smallest absolute Gasteiger partial charge is 0.225 e. The Hall–Kier alpha value is -1.46. The van der Waals surface area contributed by atoms with Crippen molar-refractivity contribution in [2.45, 2.75) is 63.6 Å². The minimum absolute atomic E-state index is 0.0569. The van der Waals surface area contributed by atoms with Crippen molar-refractivity contribution >= 4 is 5.91 Å². The maximum Gasteiger partial charge on any atom is 0.225 e. The third-order valence-electron chi connectivity index (χ3n) is 5.82. The average Bonchev–Trinajstić information content (AvgIpc) is 2.58. The van der Waals surface area contributed by atoms with Crippen molar-refractivity contribution < 1.29 is 9.18 Å². The van der Waals surface area contributed by atoms with Gasteiger partial charge in [0.15, 0.2) is 0 Å². The van der Waals surface area contributed by atoms with Crippen molar-refractivity contribution in [3.8, 4) is 0 Å². The second kappa shape index (κ2) is 7.83. The summed E-state index contributed by atoms with van der Waals surface area (Å²) < 4.78 is 13.0. The van der Waals surface area contributed by atoms with Crippen LogP contribution in [0.5, 0.6) is 0 Å². The summed E-state index contributed by atoms with van der Waals surface area (Å²) in [5.41, 5.74) is 7.11. The van der Waals surface area contributed by atoms with Crippen LogP contribution in [0.15, 0.2) is 24.3 Å². The summed E-state index contributed by atoms with van der Waals surface area (Å²) in [7, 11) is 0. The fraction of sp³-hybridized carbons (Fsp3) is 0.650. The monoisotopic (exact) mass is 347 g/mol. The first-order valence-electron chi connectivity index (χ1n) is 9.50. The summed E-state index contributed by atoms with van der Waals surface area (Å²) >= 11 is 0. The number of likely N-dealkylation sites (tertiary alicyclic amines) is 1. The number of rotatable bonds is 4. The Morgan fingerprint density at radius 3 is 2.56 bits per heavy atom. The number of nitrogens with two attached hydrogens (primary N) is 1. The van der Waals surface area contributed by atoms with E-state index < -0.39 is 0 Å². The highest BCUT2D eigenvalue weighted by molar-refractivity contribution is 5.80. The number of benzene rings is 1. The Morgan fingerprint density at radius 2 is 1.92 bits per heavy atom. The lowest BCUT2D eigenvalue weighted by atomic mass is 9.74. The molecule has 2 unspecified atom stereocenters. The lowest BCUT2D eigenvalue weighted by molar-refractivity contribution is -0.129. The van der Waals surface area contributed by atoms with Crippen LogP contribution in [0.1, 0.15) is 51.0 Å². The minimum atomic E-state index is -0.369. The molecule has 2 fully saturated rings. The van der Waals surface area contributed by atoms with Crippen molar-refractivity contribution in [3.05, 3.63) is 35.6 Å². The van der Waals surface area contributed by atoms with Crippen LogP contribution in [-0.4, -0.2) is 35.5 Å². The van der Waals surface area contributed by atoms with E-state index in [0.29, 0.717) is 0 Å². The molecule has 0 spiro atoms. The molecule has 1 aliphatic carbocycles. The van der Waals surface area contributed by atoms with Crippen LogP contribution >= 0.6 is 0 Å². The molecule has 0 aromatic heterocycles. The zero-order chi connectivity index (χ0) is 17.9. The number of hydrogen-bond donors (Lipinski definition) is 2. The fourth-order valence-corrected chi connectivity index (χ4v) is 4.17. The summed E-state index contributed by atoms with van der Waals surface area (Å²) in [6.45, 7) is 4.76. The van der Waals surface area contributed by atoms with Gasteiger partial charge in [0.25, 0.3) is 0 Å². The Balaban J connectivity index is 1.46. The minimum Gasteiger partial charge on any atom is -0.353 e. The fourth-order valence-electron chi connectivity index (χ4n) is 4.17. The summed E-state index contributed by atoms with van der Waals surface area (Å²) in [4.78, 5) is 15.0. The van der Waals surface area contributed by atoms with Gasteiger partial charge in [0.05, 0.1) is 5.92 Å². The lowest BCUT2D eigenvalue weighted by Gasteiger charge is -2.39. The van der Waals surface area contributed by atoms with Crippen molar-refractivity contribution in [2.75, 3.05) is 13.1 Å².